The number of rotatable bonds is 9. The third-order valence-electron chi connectivity index (χ3n) is 2.46. The molecule has 0 unspecified atom stereocenters. The standard InChI is InChI=1S/C13H19NO5/c1-2-3-6-18-7-4-5-14-12(15)11-8-10(9-19-11)13(16)17/h8-9H,2-7H2,1H3,(H,14,15)(H,16,17). The van der Waals surface area contributed by atoms with Crippen LogP contribution in [0.1, 0.15) is 47.1 Å². The highest BCUT2D eigenvalue weighted by Gasteiger charge is 2.13. The molecule has 0 aliphatic rings. The molecule has 19 heavy (non-hydrogen) atoms. The van der Waals surface area contributed by atoms with Crippen LogP contribution in [0.5, 0.6) is 0 Å². The van der Waals surface area contributed by atoms with Gasteiger partial charge in [0.15, 0.2) is 5.76 Å². The zero-order valence-electron chi connectivity index (χ0n) is 11.0. The second-order valence-electron chi connectivity index (χ2n) is 4.08. The van der Waals surface area contributed by atoms with E-state index in [9.17, 15) is 9.59 Å². The minimum atomic E-state index is -1.12. The van der Waals surface area contributed by atoms with Crippen molar-refractivity contribution in [3.63, 3.8) is 0 Å². The summed E-state index contributed by atoms with van der Waals surface area (Å²) >= 11 is 0. The number of ether oxygens (including phenoxy) is 1. The van der Waals surface area contributed by atoms with Gasteiger partial charge in [-0.05, 0) is 12.8 Å². The highest BCUT2D eigenvalue weighted by molar-refractivity contribution is 5.95. The maximum atomic E-state index is 11.6. The van der Waals surface area contributed by atoms with Crippen LogP contribution in [0.15, 0.2) is 16.7 Å². The van der Waals surface area contributed by atoms with Crippen molar-refractivity contribution in [1.82, 2.24) is 5.32 Å². The summed E-state index contributed by atoms with van der Waals surface area (Å²) in [6, 6.07) is 1.20. The minimum Gasteiger partial charge on any atom is -0.478 e. The molecule has 0 fully saturated rings. The van der Waals surface area contributed by atoms with Gasteiger partial charge in [-0.1, -0.05) is 13.3 Å². The number of hydrogen-bond acceptors (Lipinski definition) is 4. The van der Waals surface area contributed by atoms with Gasteiger partial charge in [0.25, 0.3) is 5.91 Å². The number of amides is 1. The molecule has 1 amide bonds. The summed E-state index contributed by atoms with van der Waals surface area (Å²) in [6.45, 7) is 3.90. The molecular formula is C13H19NO5. The van der Waals surface area contributed by atoms with E-state index in [-0.39, 0.29) is 11.3 Å². The third-order valence-corrected chi connectivity index (χ3v) is 2.46. The lowest BCUT2D eigenvalue weighted by molar-refractivity contribution is 0.0695. The summed E-state index contributed by atoms with van der Waals surface area (Å²) in [5.41, 5.74) is -0.0342. The topological polar surface area (TPSA) is 88.8 Å². The number of carboxylic acid groups (broad SMARTS) is 1. The summed E-state index contributed by atoms with van der Waals surface area (Å²) < 4.78 is 10.2. The highest BCUT2D eigenvalue weighted by atomic mass is 16.5. The zero-order chi connectivity index (χ0) is 14.1. The number of nitrogens with one attached hydrogen (secondary N) is 1. The molecule has 0 aromatic carbocycles. The second kappa shape index (κ2) is 8.31. The average Bonchev–Trinajstić information content (AvgIpc) is 2.87. The SMILES string of the molecule is CCCCOCCCNC(=O)c1cc(C(=O)O)co1. The van der Waals surface area contributed by atoms with Crippen LogP contribution in [0.25, 0.3) is 0 Å². The van der Waals surface area contributed by atoms with Crippen molar-refractivity contribution in [2.45, 2.75) is 26.2 Å². The molecule has 6 nitrogen and oxygen atoms in total. The van der Waals surface area contributed by atoms with Crippen LogP contribution in [-0.2, 0) is 4.74 Å². The van der Waals surface area contributed by atoms with E-state index >= 15 is 0 Å². The number of carbonyl (C=O) groups excluding carboxylic acids is 1. The Morgan fingerprint density at radius 1 is 1.37 bits per heavy atom. The molecule has 0 saturated heterocycles. The van der Waals surface area contributed by atoms with Gasteiger partial charge in [0, 0.05) is 25.8 Å². The summed E-state index contributed by atoms with van der Waals surface area (Å²) in [4.78, 5) is 22.2. The molecular weight excluding hydrogens is 250 g/mol. The van der Waals surface area contributed by atoms with Crippen LogP contribution >= 0.6 is 0 Å². The van der Waals surface area contributed by atoms with Crippen molar-refractivity contribution in [3.8, 4) is 0 Å². The Morgan fingerprint density at radius 3 is 2.74 bits per heavy atom. The van der Waals surface area contributed by atoms with Gasteiger partial charge in [-0.2, -0.15) is 0 Å². The molecule has 0 aliphatic heterocycles. The van der Waals surface area contributed by atoms with E-state index in [0.29, 0.717) is 19.6 Å². The van der Waals surface area contributed by atoms with E-state index in [1.807, 2.05) is 0 Å². The Kier molecular flexibility index (Phi) is 6.67. The van der Waals surface area contributed by atoms with Crippen LogP contribution in [0.3, 0.4) is 0 Å². The minimum absolute atomic E-state index is 0.00398. The predicted octanol–water partition coefficient (Wildman–Crippen LogP) is 1.91. The summed E-state index contributed by atoms with van der Waals surface area (Å²) in [5, 5.41) is 11.3. The van der Waals surface area contributed by atoms with Crippen molar-refractivity contribution in [2.75, 3.05) is 19.8 Å². The highest BCUT2D eigenvalue weighted by Crippen LogP contribution is 2.07. The van der Waals surface area contributed by atoms with Crippen LogP contribution < -0.4 is 5.32 Å². The average molecular weight is 269 g/mol. The van der Waals surface area contributed by atoms with E-state index in [1.54, 1.807) is 0 Å². The monoisotopic (exact) mass is 269 g/mol. The normalized spacial score (nSPS) is 10.4. The van der Waals surface area contributed by atoms with Crippen molar-refractivity contribution in [3.05, 3.63) is 23.7 Å². The van der Waals surface area contributed by atoms with E-state index < -0.39 is 11.9 Å². The van der Waals surface area contributed by atoms with Gasteiger partial charge in [0.2, 0.25) is 0 Å². The lowest BCUT2D eigenvalue weighted by atomic mass is 10.3. The first-order valence-corrected chi connectivity index (χ1v) is 6.33. The maximum absolute atomic E-state index is 11.6. The van der Waals surface area contributed by atoms with Gasteiger partial charge >= 0.3 is 5.97 Å². The van der Waals surface area contributed by atoms with Gasteiger partial charge in [-0.25, -0.2) is 4.79 Å². The second-order valence-corrected chi connectivity index (χ2v) is 4.08. The van der Waals surface area contributed by atoms with Crippen LogP contribution in [0, 0.1) is 0 Å². The molecule has 0 saturated carbocycles. The fraction of sp³-hybridized carbons (Fsp3) is 0.538. The molecule has 0 atom stereocenters. The molecule has 0 radical (unpaired) electrons. The van der Waals surface area contributed by atoms with E-state index in [4.69, 9.17) is 14.3 Å². The fourth-order valence-electron chi connectivity index (χ4n) is 1.38. The molecule has 0 bridgehead atoms. The molecule has 6 heteroatoms. The number of hydrogen-bond donors (Lipinski definition) is 2. The van der Waals surface area contributed by atoms with Crippen molar-refractivity contribution >= 4 is 11.9 Å². The first-order valence-electron chi connectivity index (χ1n) is 6.33. The van der Waals surface area contributed by atoms with Crippen molar-refractivity contribution < 1.29 is 23.8 Å². The number of aromatic carboxylic acids is 1. The van der Waals surface area contributed by atoms with E-state index in [1.165, 1.54) is 6.07 Å². The Bertz CT molecular complexity index is 413. The van der Waals surface area contributed by atoms with E-state index in [2.05, 4.69) is 12.2 Å². The lowest BCUT2D eigenvalue weighted by Gasteiger charge is -2.04. The summed E-state index contributed by atoms with van der Waals surface area (Å²) in [7, 11) is 0. The number of carbonyl (C=O) groups is 2. The van der Waals surface area contributed by atoms with Crippen LogP contribution in [0.2, 0.25) is 0 Å². The predicted molar refractivity (Wildman–Crippen MR) is 68.3 cm³/mol. The zero-order valence-corrected chi connectivity index (χ0v) is 11.0. The Balaban J connectivity index is 2.18. The Labute approximate surface area is 111 Å². The fourth-order valence-corrected chi connectivity index (χ4v) is 1.38. The van der Waals surface area contributed by atoms with Crippen LogP contribution in [0.4, 0.5) is 0 Å². The van der Waals surface area contributed by atoms with Crippen molar-refractivity contribution in [1.29, 1.82) is 0 Å². The number of furan rings is 1. The van der Waals surface area contributed by atoms with Gasteiger partial charge in [-0.15, -0.1) is 0 Å². The summed E-state index contributed by atoms with van der Waals surface area (Å²) in [6.07, 6.45) is 3.89. The number of unbranched alkanes of at least 4 members (excludes halogenated alkanes) is 1. The molecule has 2 N–H and O–H groups in total. The quantitative estimate of drug-likeness (QED) is 0.668. The van der Waals surface area contributed by atoms with Gasteiger partial charge in [-0.3, -0.25) is 4.79 Å². The molecule has 1 heterocycles. The van der Waals surface area contributed by atoms with Gasteiger partial charge in [0.1, 0.15) is 6.26 Å². The third kappa shape index (κ3) is 5.56. The molecule has 0 aliphatic carbocycles. The first kappa shape index (κ1) is 15.2. The molecule has 0 spiro atoms. The van der Waals surface area contributed by atoms with Gasteiger partial charge < -0.3 is 19.6 Å². The first-order chi connectivity index (χ1) is 9.15. The van der Waals surface area contributed by atoms with Crippen molar-refractivity contribution in [2.24, 2.45) is 0 Å². The number of carboxylic acids is 1. The lowest BCUT2D eigenvalue weighted by Crippen LogP contribution is -2.24. The van der Waals surface area contributed by atoms with Gasteiger partial charge in [0.05, 0.1) is 5.56 Å². The Hall–Kier alpha value is -1.82. The maximum Gasteiger partial charge on any atom is 0.338 e. The van der Waals surface area contributed by atoms with E-state index in [0.717, 1.165) is 25.7 Å². The smallest absolute Gasteiger partial charge is 0.338 e. The molecule has 1 aromatic heterocycles. The van der Waals surface area contributed by atoms with Crippen LogP contribution in [-0.4, -0.2) is 36.7 Å². The molecule has 1 aromatic rings. The molecule has 106 valence electrons. The Morgan fingerprint density at radius 2 is 2.11 bits per heavy atom. The molecule has 1 rings (SSSR count). The largest absolute Gasteiger partial charge is 0.478 e. The summed E-state index contributed by atoms with van der Waals surface area (Å²) in [5.74, 6) is -1.53.